The van der Waals surface area contributed by atoms with Crippen molar-refractivity contribution in [2.24, 2.45) is 0 Å². The van der Waals surface area contributed by atoms with Gasteiger partial charge in [-0.2, -0.15) is 0 Å². The van der Waals surface area contributed by atoms with E-state index in [4.69, 9.17) is 19.5 Å². The smallest absolute Gasteiger partial charge is 0.466 e. The molecule has 0 amide bonds. The highest BCUT2D eigenvalue weighted by atomic mass is 16.7. The van der Waals surface area contributed by atoms with Crippen LogP contribution in [0.2, 0.25) is 0 Å². The fourth-order valence-corrected chi connectivity index (χ4v) is 1.74. The quantitative estimate of drug-likeness (QED) is 0.323. The van der Waals surface area contributed by atoms with E-state index in [0.29, 0.717) is 25.0 Å². The number of hydrogen-bond donors (Lipinski definition) is 2. The van der Waals surface area contributed by atoms with E-state index in [9.17, 15) is 4.79 Å². The Hall–Kier alpha value is -1.34. The summed E-state index contributed by atoms with van der Waals surface area (Å²) in [7, 11) is -0.548. The first-order valence-corrected chi connectivity index (χ1v) is 7.12. The number of rotatable bonds is 7. The molecule has 0 spiro atoms. The molecule has 1 aliphatic heterocycles. The van der Waals surface area contributed by atoms with E-state index in [2.05, 4.69) is 5.32 Å². The van der Waals surface area contributed by atoms with E-state index >= 15 is 0 Å². The summed E-state index contributed by atoms with van der Waals surface area (Å²) in [5.74, 6) is -0.275. The molecule has 1 rings (SSSR count). The zero-order valence-corrected chi connectivity index (χ0v) is 13.5. The highest BCUT2D eigenvalue weighted by Crippen LogP contribution is 2.38. The number of hydrogen-bond acceptors (Lipinski definition) is 6. The molecule has 1 saturated heterocycles. The van der Waals surface area contributed by atoms with Gasteiger partial charge in [-0.25, -0.2) is 0 Å². The van der Waals surface area contributed by atoms with Crippen molar-refractivity contribution in [3.63, 3.8) is 0 Å². The van der Waals surface area contributed by atoms with Gasteiger partial charge in [0.05, 0.1) is 17.8 Å². The standard InChI is InChI=1S/C14H25BN2O4/c1-11(18)19-8-6-7-17-10-12(9-16)15-20-13(2,3)14(4,5)21-15/h9-10,16-17H,6-8H2,1-5H3/b12-10+,16-9?. The zero-order chi connectivity index (χ0) is 16.1. The van der Waals surface area contributed by atoms with E-state index in [-0.39, 0.29) is 5.97 Å². The second-order valence-electron chi connectivity index (χ2n) is 6.02. The van der Waals surface area contributed by atoms with E-state index in [1.165, 1.54) is 13.1 Å². The Kier molecular flexibility index (Phi) is 5.98. The fourth-order valence-electron chi connectivity index (χ4n) is 1.74. The lowest BCUT2D eigenvalue weighted by molar-refractivity contribution is -0.140. The Morgan fingerprint density at radius 2 is 1.86 bits per heavy atom. The van der Waals surface area contributed by atoms with Crippen LogP contribution in [-0.4, -0.2) is 43.7 Å². The minimum Gasteiger partial charge on any atom is -0.466 e. The minimum absolute atomic E-state index is 0.275. The lowest BCUT2D eigenvalue weighted by Crippen LogP contribution is -2.41. The average Bonchev–Trinajstić information content (AvgIpc) is 2.57. The first kappa shape index (κ1) is 17.7. The van der Waals surface area contributed by atoms with Gasteiger partial charge in [0.2, 0.25) is 0 Å². The van der Waals surface area contributed by atoms with Crippen molar-refractivity contribution in [1.29, 1.82) is 5.41 Å². The van der Waals surface area contributed by atoms with Crippen LogP contribution < -0.4 is 5.32 Å². The van der Waals surface area contributed by atoms with Gasteiger partial charge in [-0.1, -0.05) is 0 Å². The fraction of sp³-hybridized carbons (Fsp3) is 0.714. The molecule has 0 atom stereocenters. The van der Waals surface area contributed by atoms with E-state index in [0.717, 1.165) is 0 Å². The first-order valence-electron chi connectivity index (χ1n) is 7.12. The summed E-state index contributed by atoms with van der Waals surface area (Å²) in [4.78, 5) is 10.6. The number of esters is 1. The minimum atomic E-state index is -0.548. The highest BCUT2D eigenvalue weighted by Gasteiger charge is 2.52. The van der Waals surface area contributed by atoms with Gasteiger partial charge in [0.25, 0.3) is 0 Å². The topological polar surface area (TPSA) is 80.6 Å². The second kappa shape index (κ2) is 7.09. The van der Waals surface area contributed by atoms with Crippen molar-refractivity contribution in [3.8, 4) is 0 Å². The molecule has 1 fully saturated rings. The number of carbonyl (C=O) groups excluding carboxylic acids is 1. The summed E-state index contributed by atoms with van der Waals surface area (Å²) in [5.41, 5.74) is -0.217. The van der Waals surface area contributed by atoms with E-state index in [1.54, 1.807) is 6.20 Å². The van der Waals surface area contributed by atoms with Crippen LogP contribution in [0, 0.1) is 5.41 Å². The molecular formula is C14H25BN2O4. The molecule has 0 radical (unpaired) electrons. The maximum atomic E-state index is 10.6. The van der Waals surface area contributed by atoms with Crippen molar-refractivity contribution in [3.05, 3.63) is 11.7 Å². The SMILES string of the molecule is CC(=O)OCCCN/C=C(\C=N)B1OC(C)(C)C(C)(C)O1. The molecular weight excluding hydrogens is 271 g/mol. The summed E-state index contributed by atoms with van der Waals surface area (Å²) in [5, 5.41) is 10.6. The van der Waals surface area contributed by atoms with Gasteiger partial charge in [-0.15, -0.1) is 0 Å². The predicted molar refractivity (Wildman–Crippen MR) is 82.2 cm³/mol. The van der Waals surface area contributed by atoms with Crippen LogP contribution in [0.3, 0.4) is 0 Å². The molecule has 0 saturated carbocycles. The van der Waals surface area contributed by atoms with Crippen LogP contribution >= 0.6 is 0 Å². The normalized spacial score (nSPS) is 20.2. The summed E-state index contributed by atoms with van der Waals surface area (Å²) < 4.78 is 16.6. The lowest BCUT2D eigenvalue weighted by Gasteiger charge is -2.32. The van der Waals surface area contributed by atoms with E-state index < -0.39 is 18.3 Å². The third kappa shape index (κ3) is 4.86. The van der Waals surface area contributed by atoms with Crippen LogP contribution in [0.25, 0.3) is 0 Å². The van der Waals surface area contributed by atoms with Crippen molar-refractivity contribution in [2.75, 3.05) is 13.2 Å². The van der Waals surface area contributed by atoms with Crippen LogP contribution in [0.4, 0.5) is 0 Å². The van der Waals surface area contributed by atoms with Gasteiger partial charge in [0.15, 0.2) is 0 Å². The van der Waals surface area contributed by atoms with Gasteiger partial charge >= 0.3 is 13.1 Å². The molecule has 7 heteroatoms. The average molecular weight is 296 g/mol. The molecule has 6 nitrogen and oxygen atoms in total. The van der Waals surface area contributed by atoms with Crippen LogP contribution in [0.15, 0.2) is 11.7 Å². The van der Waals surface area contributed by atoms with E-state index in [1.807, 2.05) is 27.7 Å². The monoisotopic (exact) mass is 296 g/mol. The van der Waals surface area contributed by atoms with Gasteiger partial charge in [-0.3, -0.25) is 4.79 Å². The molecule has 0 aromatic rings. The van der Waals surface area contributed by atoms with Crippen molar-refractivity contribution >= 4 is 19.3 Å². The number of carbonyl (C=O) groups is 1. The van der Waals surface area contributed by atoms with Gasteiger partial charge < -0.3 is 24.8 Å². The van der Waals surface area contributed by atoms with Crippen LogP contribution in [0.5, 0.6) is 0 Å². The predicted octanol–water partition coefficient (Wildman–Crippen LogP) is 1.69. The van der Waals surface area contributed by atoms with Crippen molar-refractivity contribution in [1.82, 2.24) is 5.32 Å². The Balaban J connectivity index is 2.47. The number of allylic oxidation sites excluding steroid dienone is 1. The molecule has 1 aliphatic rings. The molecule has 118 valence electrons. The van der Waals surface area contributed by atoms with Crippen LogP contribution in [0.1, 0.15) is 41.0 Å². The Morgan fingerprint density at radius 1 is 1.29 bits per heavy atom. The maximum Gasteiger partial charge on any atom is 0.497 e. The largest absolute Gasteiger partial charge is 0.497 e. The van der Waals surface area contributed by atoms with Gasteiger partial charge in [0.1, 0.15) is 0 Å². The van der Waals surface area contributed by atoms with Crippen LogP contribution in [-0.2, 0) is 18.8 Å². The lowest BCUT2D eigenvalue weighted by atomic mass is 9.79. The molecule has 0 aromatic carbocycles. The third-order valence-electron chi connectivity index (χ3n) is 3.73. The summed E-state index contributed by atoms with van der Waals surface area (Å²) in [6, 6.07) is 0. The van der Waals surface area contributed by atoms with Crippen molar-refractivity contribution < 1.29 is 18.8 Å². The summed E-state index contributed by atoms with van der Waals surface area (Å²) in [6.07, 6.45) is 3.63. The Bertz CT molecular complexity index is 405. The van der Waals surface area contributed by atoms with Gasteiger partial charge in [-0.05, 0) is 40.3 Å². The number of ether oxygens (including phenoxy) is 1. The highest BCUT2D eigenvalue weighted by molar-refractivity contribution is 6.60. The Morgan fingerprint density at radius 3 is 2.33 bits per heavy atom. The first-order chi connectivity index (χ1) is 9.69. The van der Waals surface area contributed by atoms with Crippen molar-refractivity contribution in [2.45, 2.75) is 52.2 Å². The Labute approximate surface area is 126 Å². The molecule has 1 heterocycles. The molecule has 0 aromatic heterocycles. The molecule has 21 heavy (non-hydrogen) atoms. The number of nitrogens with one attached hydrogen (secondary N) is 2. The summed E-state index contributed by atoms with van der Waals surface area (Å²) in [6.45, 7) is 10.3. The van der Waals surface area contributed by atoms with Gasteiger partial charge in [0, 0.05) is 25.2 Å². The maximum absolute atomic E-state index is 10.6. The summed E-state index contributed by atoms with van der Waals surface area (Å²) >= 11 is 0. The molecule has 0 unspecified atom stereocenters. The third-order valence-corrected chi connectivity index (χ3v) is 3.73. The molecule has 0 bridgehead atoms. The zero-order valence-electron chi connectivity index (χ0n) is 13.5. The molecule has 2 N–H and O–H groups in total. The second-order valence-corrected chi connectivity index (χ2v) is 6.02. The molecule has 0 aliphatic carbocycles.